The molecule has 1 aliphatic rings. The summed E-state index contributed by atoms with van der Waals surface area (Å²) >= 11 is 0. The SMILES string of the molecule is CCOC(=O)CC1(C)C(=O)NC(=O)NC1=O. The van der Waals surface area contributed by atoms with Gasteiger partial charge in [-0.1, -0.05) is 0 Å². The molecule has 0 saturated carbocycles. The van der Waals surface area contributed by atoms with Gasteiger partial charge in [0.15, 0.2) is 0 Å². The van der Waals surface area contributed by atoms with Gasteiger partial charge in [0.1, 0.15) is 5.41 Å². The van der Waals surface area contributed by atoms with Gasteiger partial charge < -0.3 is 4.74 Å². The molecule has 0 radical (unpaired) electrons. The number of hydrogen-bond donors (Lipinski definition) is 2. The maximum atomic E-state index is 11.5. The Morgan fingerprint density at radius 3 is 2.19 bits per heavy atom. The largest absolute Gasteiger partial charge is 0.466 e. The van der Waals surface area contributed by atoms with Crippen LogP contribution in [0, 0.1) is 5.41 Å². The Morgan fingerprint density at radius 2 is 1.75 bits per heavy atom. The molecule has 1 fully saturated rings. The number of ether oxygens (including phenoxy) is 1. The van der Waals surface area contributed by atoms with E-state index in [2.05, 4.69) is 4.74 Å². The lowest BCUT2D eigenvalue weighted by atomic mass is 9.83. The fourth-order valence-corrected chi connectivity index (χ4v) is 1.28. The van der Waals surface area contributed by atoms with Crippen LogP contribution in [0.25, 0.3) is 0 Å². The van der Waals surface area contributed by atoms with E-state index in [4.69, 9.17) is 0 Å². The summed E-state index contributed by atoms with van der Waals surface area (Å²) in [6, 6.07) is -0.878. The van der Waals surface area contributed by atoms with Crippen LogP contribution in [0.3, 0.4) is 0 Å². The van der Waals surface area contributed by atoms with E-state index < -0.39 is 35.7 Å². The molecule has 0 spiro atoms. The molecule has 0 unspecified atom stereocenters. The van der Waals surface area contributed by atoms with E-state index >= 15 is 0 Å². The van der Waals surface area contributed by atoms with E-state index in [1.54, 1.807) is 6.92 Å². The maximum Gasteiger partial charge on any atom is 0.328 e. The molecule has 0 bridgehead atoms. The van der Waals surface area contributed by atoms with Crippen molar-refractivity contribution in [3.05, 3.63) is 0 Å². The number of nitrogens with one attached hydrogen (secondary N) is 2. The Hall–Kier alpha value is -1.92. The van der Waals surface area contributed by atoms with E-state index in [9.17, 15) is 19.2 Å². The van der Waals surface area contributed by atoms with Crippen LogP contribution in [0.4, 0.5) is 4.79 Å². The fraction of sp³-hybridized carbons (Fsp3) is 0.556. The molecule has 7 heteroatoms. The predicted molar refractivity (Wildman–Crippen MR) is 51.0 cm³/mol. The van der Waals surface area contributed by atoms with E-state index in [1.165, 1.54) is 6.92 Å². The normalized spacial score (nSPS) is 18.8. The highest BCUT2D eigenvalue weighted by molar-refractivity contribution is 6.20. The Kier molecular flexibility index (Phi) is 3.26. The average molecular weight is 228 g/mol. The van der Waals surface area contributed by atoms with Crippen molar-refractivity contribution < 1.29 is 23.9 Å². The zero-order valence-electron chi connectivity index (χ0n) is 8.96. The number of esters is 1. The summed E-state index contributed by atoms with van der Waals surface area (Å²) in [7, 11) is 0. The summed E-state index contributed by atoms with van der Waals surface area (Å²) in [5.74, 6) is -2.26. The highest BCUT2D eigenvalue weighted by atomic mass is 16.5. The monoisotopic (exact) mass is 228 g/mol. The molecule has 7 nitrogen and oxygen atoms in total. The van der Waals surface area contributed by atoms with Gasteiger partial charge in [-0.2, -0.15) is 0 Å². The minimum absolute atomic E-state index is 0.164. The standard InChI is InChI=1S/C9H12N2O5/c1-3-16-5(12)4-9(2)6(13)10-8(15)11-7(9)14/h3-4H2,1-2H3,(H2,10,11,13,14,15). The van der Waals surface area contributed by atoms with Gasteiger partial charge in [-0.15, -0.1) is 0 Å². The van der Waals surface area contributed by atoms with Crippen LogP contribution >= 0.6 is 0 Å². The van der Waals surface area contributed by atoms with Crippen LogP contribution in [-0.4, -0.2) is 30.4 Å². The van der Waals surface area contributed by atoms with Gasteiger partial charge in [-0.25, -0.2) is 4.79 Å². The summed E-state index contributed by atoms with van der Waals surface area (Å²) in [6.07, 6.45) is -0.397. The molecule has 0 aromatic carbocycles. The lowest BCUT2D eigenvalue weighted by Gasteiger charge is -2.29. The first kappa shape index (κ1) is 12.2. The third-order valence-corrected chi connectivity index (χ3v) is 2.26. The van der Waals surface area contributed by atoms with Crippen molar-refractivity contribution in [2.75, 3.05) is 6.61 Å². The zero-order chi connectivity index (χ0) is 12.3. The lowest BCUT2D eigenvalue weighted by molar-refractivity contribution is -0.155. The smallest absolute Gasteiger partial charge is 0.328 e. The van der Waals surface area contributed by atoms with Gasteiger partial charge >= 0.3 is 12.0 Å². The van der Waals surface area contributed by atoms with Gasteiger partial charge in [-0.05, 0) is 13.8 Å². The third-order valence-electron chi connectivity index (χ3n) is 2.26. The number of barbiturate groups is 1. The molecule has 2 N–H and O–H groups in total. The molecular weight excluding hydrogens is 216 g/mol. The second-order valence-electron chi connectivity index (χ2n) is 3.55. The van der Waals surface area contributed by atoms with E-state index in [1.807, 2.05) is 10.6 Å². The summed E-state index contributed by atoms with van der Waals surface area (Å²) in [5, 5.41) is 3.86. The van der Waals surface area contributed by atoms with Crippen LogP contribution in [0.2, 0.25) is 0 Å². The van der Waals surface area contributed by atoms with Crippen LogP contribution in [0.15, 0.2) is 0 Å². The van der Waals surface area contributed by atoms with Crippen molar-refractivity contribution >= 4 is 23.8 Å². The van der Waals surface area contributed by atoms with Gasteiger partial charge in [0.2, 0.25) is 11.8 Å². The first-order valence-corrected chi connectivity index (χ1v) is 4.72. The molecule has 0 aliphatic carbocycles. The average Bonchev–Trinajstić information content (AvgIpc) is 2.15. The van der Waals surface area contributed by atoms with Crippen LogP contribution in [-0.2, 0) is 19.1 Å². The summed E-state index contributed by atoms with van der Waals surface area (Å²) in [5.41, 5.74) is -1.60. The van der Waals surface area contributed by atoms with Crippen molar-refractivity contribution in [3.8, 4) is 0 Å². The van der Waals surface area contributed by atoms with Crippen molar-refractivity contribution in [3.63, 3.8) is 0 Å². The van der Waals surface area contributed by atoms with Crippen molar-refractivity contribution in [2.45, 2.75) is 20.3 Å². The Labute approximate surface area is 91.5 Å². The molecule has 0 aromatic rings. The maximum absolute atomic E-state index is 11.5. The summed E-state index contributed by atoms with van der Waals surface area (Å²) < 4.78 is 4.65. The fourth-order valence-electron chi connectivity index (χ4n) is 1.28. The summed E-state index contributed by atoms with van der Waals surface area (Å²) in [6.45, 7) is 3.06. The molecule has 88 valence electrons. The quantitative estimate of drug-likeness (QED) is 0.492. The number of amides is 4. The Bertz CT molecular complexity index is 343. The number of imide groups is 2. The van der Waals surface area contributed by atoms with Gasteiger partial charge in [0, 0.05) is 0 Å². The molecule has 16 heavy (non-hydrogen) atoms. The molecular formula is C9H12N2O5. The first-order chi connectivity index (χ1) is 7.40. The van der Waals surface area contributed by atoms with Gasteiger partial charge in [-0.3, -0.25) is 25.0 Å². The van der Waals surface area contributed by atoms with Crippen LogP contribution < -0.4 is 10.6 Å². The Balaban J connectivity index is 2.82. The van der Waals surface area contributed by atoms with E-state index in [0.29, 0.717) is 0 Å². The summed E-state index contributed by atoms with van der Waals surface area (Å²) in [4.78, 5) is 45.0. The molecule has 0 aromatic heterocycles. The minimum atomic E-state index is -1.60. The van der Waals surface area contributed by atoms with Crippen molar-refractivity contribution in [2.24, 2.45) is 5.41 Å². The highest BCUT2D eigenvalue weighted by Gasteiger charge is 2.48. The molecule has 1 rings (SSSR count). The van der Waals surface area contributed by atoms with E-state index in [-0.39, 0.29) is 6.61 Å². The topological polar surface area (TPSA) is 102 Å². The van der Waals surface area contributed by atoms with Crippen molar-refractivity contribution in [1.82, 2.24) is 10.6 Å². The molecule has 4 amide bonds. The number of hydrogen-bond acceptors (Lipinski definition) is 5. The number of rotatable bonds is 3. The number of urea groups is 1. The second-order valence-corrected chi connectivity index (χ2v) is 3.55. The Morgan fingerprint density at radius 1 is 1.25 bits per heavy atom. The predicted octanol–water partition coefficient (Wildman–Crippen LogP) is -0.688. The molecule has 1 heterocycles. The third kappa shape index (κ3) is 2.18. The highest BCUT2D eigenvalue weighted by Crippen LogP contribution is 2.24. The van der Waals surface area contributed by atoms with E-state index in [0.717, 1.165) is 0 Å². The van der Waals surface area contributed by atoms with Crippen molar-refractivity contribution in [1.29, 1.82) is 0 Å². The van der Waals surface area contributed by atoms with Crippen LogP contribution in [0.5, 0.6) is 0 Å². The molecule has 1 saturated heterocycles. The molecule has 0 atom stereocenters. The molecule has 1 aliphatic heterocycles. The minimum Gasteiger partial charge on any atom is -0.466 e. The second kappa shape index (κ2) is 4.30. The number of carbonyl (C=O) groups excluding carboxylic acids is 4. The number of carbonyl (C=O) groups is 4. The lowest BCUT2D eigenvalue weighted by Crippen LogP contribution is -2.61. The van der Waals surface area contributed by atoms with Crippen LogP contribution in [0.1, 0.15) is 20.3 Å². The van der Waals surface area contributed by atoms with Gasteiger partial charge in [0.05, 0.1) is 13.0 Å². The van der Waals surface area contributed by atoms with Gasteiger partial charge in [0.25, 0.3) is 0 Å². The first-order valence-electron chi connectivity index (χ1n) is 4.72. The zero-order valence-corrected chi connectivity index (χ0v) is 8.96.